The van der Waals surface area contributed by atoms with Crippen molar-refractivity contribution in [1.82, 2.24) is 14.9 Å². The van der Waals surface area contributed by atoms with Crippen LogP contribution in [0.1, 0.15) is 30.4 Å². The Kier molecular flexibility index (Phi) is 8.93. The number of piperidine rings is 1. The molecule has 6 N–H and O–H groups in total. The molecule has 40 heavy (non-hydrogen) atoms. The average molecular weight is 566 g/mol. The lowest BCUT2D eigenvalue weighted by Crippen LogP contribution is -2.57. The number of nitrogens with one attached hydrogen (secondary N) is 3. The fourth-order valence-electron chi connectivity index (χ4n) is 4.71. The number of carboxylic acids is 1. The van der Waals surface area contributed by atoms with E-state index in [-0.39, 0.29) is 17.2 Å². The first-order valence-electron chi connectivity index (χ1n) is 12.8. The van der Waals surface area contributed by atoms with E-state index in [1.165, 1.54) is 12.1 Å². The molecule has 11 nitrogen and oxygen atoms in total. The van der Waals surface area contributed by atoms with E-state index in [9.17, 15) is 27.9 Å². The topological polar surface area (TPSA) is 183 Å². The predicted octanol–water partition coefficient (Wildman–Crippen LogP) is 1.60. The summed E-state index contributed by atoms with van der Waals surface area (Å²) in [6, 6.07) is 15.8. The van der Waals surface area contributed by atoms with E-state index in [4.69, 9.17) is 11.1 Å². The molecule has 1 heterocycles. The van der Waals surface area contributed by atoms with E-state index in [2.05, 4.69) is 10.0 Å². The van der Waals surface area contributed by atoms with Gasteiger partial charge in [-0.25, -0.2) is 8.42 Å². The number of amides is 2. The molecular weight excluding hydrogens is 534 g/mol. The molecule has 2 atom stereocenters. The molecule has 210 valence electrons. The Morgan fingerprint density at radius 1 is 1.05 bits per heavy atom. The summed E-state index contributed by atoms with van der Waals surface area (Å²) in [6.07, 6.45) is 1.79. The molecule has 0 aromatic heterocycles. The highest BCUT2D eigenvalue weighted by molar-refractivity contribution is 7.89. The van der Waals surface area contributed by atoms with Gasteiger partial charge in [0.2, 0.25) is 21.8 Å². The first-order valence-corrected chi connectivity index (χ1v) is 14.3. The summed E-state index contributed by atoms with van der Waals surface area (Å²) >= 11 is 0. The molecule has 1 aliphatic heterocycles. The molecule has 3 aromatic carbocycles. The zero-order chi connectivity index (χ0) is 28.9. The van der Waals surface area contributed by atoms with Crippen LogP contribution >= 0.6 is 0 Å². The van der Waals surface area contributed by atoms with E-state index >= 15 is 0 Å². The van der Waals surface area contributed by atoms with E-state index < -0.39 is 46.4 Å². The SMILES string of the molecule is N=C(N)c1cccc(C[C@H](NS(=O)(=O)c2ccc3ccccc3c2)C(=O)N(CC(=O)O)C(=O)C2CCCCN2)c1. The lowest BCUT2D eigenvalue weighted by Gasteiger charge is -2.30. The number of nitrogen functional groups attached to an aromatic ring is 1. The molecule has 0 spiro atoms. The van der Waals surface area contributed by atoms with Gasteiger partial charge < -0.3 is 16.2 Å². The van der Waals surface area contributed by atoms with Crippen LogP contribution in [-0.4, -0.2) is 67.2 Å². The van der Waals surface area contributed by atoms with E-state index in [0.717, 1.165) is 18.2 Å². The minimum Gasteiger partial charge on any atom is -0.480 e. The van der Waals surface area contributed by atoms with Crippen LogP contribution in [0.25, 0.3) is 10.8 Å². The third-order valence-electron chi connectivity index (χ3n) is 6.74. The maximum atomic E-state index is 13.8. The van der Waals surface area contributed by atoms with Gasteiger partial charge in [-0.2, -0.15) is 4.72 Å². The lowest BCUT2D eigenvalue weighted by atomic mass is 10.0. The Morgan fingerprint density at radius 2 is 1.80 bits per heavy atom. The fourth-order valence-corrected chi connectivity index (χ4v) is 5.93. The number of imide groups is 1. The largest absolute Gasteiger partial charge is 0.480 e. The number of sulfonamides is 1. The standard InChI is InChI=1S/C28H31N5O6S/c29-26(30)21-9-5-6-18(14-21)15-24(28(37)33(17-25(34)35)27(36)23-10-3-4-13-31-23)32-40(38,39)22-12-11-19-7-1-2-8-20(19)16-22/h1-2,5-9,11-12,14,16,23-24,31-32H,3-4,10,13,15,17H2,(H3,29,30)(H,34,35)/t23?,24-/m0/s1. The number of hydrogen-bond donors (Lipinski definition) is 5. The second kappa shape index (κ2) is 12.4. The highest BCUT2D eigenvalue weighted by atomic mass is 32.2. The van der Waals surface area contributed by atoms with E-state index in [1.54, 1.807) is 42.5 Å². The van der Waals surface area contributed by atoms with Crippen LogP contribution in [0.3, 0.4) is 0 Å². The Balaban J connectivity index is 1.71. The van der Waals surface area contributed by atoms with Gasteiger partial charge in [-0.05, 0) is 60.3 Å². The quantitative estimate of drug-likeness (QED) is 0.181. The van der Waals surface area contributed by atoms with Crippen LogP contribution in [0.2, 0.25) is 0 Å². The molecule has 12 heteroatoms. The van der Waals surface area contributed by atoms with Gasteiger partial charge in [-0.1, -0.05) is 55.0 Å². The van der Waals surface area contributed by atoms with Gasteiger partial charge in [0.25, 0.3) is 0 Å². The number of fused-ring (bicyclic) bond motifs is 1. The Bertz CT molecular complexity index is 1550. The zero-order valence-corrected chi connectivity index (χ0v) is 22.5. The number of amidine groups is 1. The van der Waals surface area contributed by atoms with Crippen molar-refractivity contribution in [1.29, 1.82) is 5.41 Å². The van der Waals surface area contributed by atoms with Crippen molar-refractivity contribution in [3.8, 4) is 0 Å². The second-order valence-corrected chi connectivity index (χ2v) is 11.4. The summed E-state index contributed by atoms with van der Waals surface area (Å²) in [5.74, 6) is -3.34. The molecule has 0 radical (unpaired) electrons. The normalized spacial score (nSPS) is 16.2. The lowest BCUT2D eigenvalue weighted by molar-refractivity contribution is -0.154. The number of nitrogens with two attached hydrogens (primary N) is 1. The van der Waals surface area contributed by atoms with Crippen LogP contribution in [0.15, 0.2) is 71.6 Å². The minimum absolute atomic E-state index is 0.0912. The zero-order valence-electron chi connectivity index (χ0n) is 21.7. The highest BCUT2D eigenvalue weighted by Crippen LogP contribution is 2.21. The second-order valence-electron chi connectivity index (χ2n) is 9.66. The maximum absolute atomic E-state index is 13.8. The summed E-state index contributed by atoms with van der Waals surface area (Å²) in [6.45, 7) is -0.376. The van der Waals surface area contributed by atoms with Gasteiger partial charge in [0.1, 0.15) is 18.4 Å². The molecular formula is C28H31N5O6S. The first-order chi connectivity index (χ1) is 19.0. The minimum atomic E-state index is -4.29. The molecule has 1 unspecified atom stereocenters. The summed E-state index contributed by atoms with van der Waals surface area (Å²) in [5, 5.41) is 21.7. The van der Waals surface area contributed by atoms with Crippen LogP contribution < -0.4 is 15.8 Å². The summed E-state index contributed by atoms with van der Waals surface area (Å²) in [7, 11) is -4.29. The van der Waals surface area contributed by atoms with Crippen molar-refractivity contribution in [2.75, 3.05) is 13.1 Å². The summed E-state index contributed by atoms with van der Waals surface area (Å²) < 4.78 is 29.5. The van der Waals surface area contributed by atoms with E-state index in [0.29, 0.717) is 34.4 Å². The number of aliphatic carboxylic acids is 1. The molecule has 1 fully saturated rings. The Morgan fingerprint density at radius 3 is 2.48 bits per heavy atom. The summed E-state index contributed by atoms with van der Waals surface area (Å²) in [4.78, 5) is 39.3. The molecule has 3 aromatic rings. The predicted molar refractivity (Wildman–Crippen MR) is 149 cm³/mol. The van der Waals surface area contributed by atoms with Crippen molar-refractivity contribution in [3.05, 3.63) is 77.9 Å². The monoisotopic (exact) mass is 565 g/mol. The summed E-state index contributed by atoms with van der Waals surface area (Å²) in [5.41, 5.74) is 6.43. The molecule has 0 saturated carbocycles. The Hall–Kier alpha value is -4.13. The van der Waals surface area contributed by atoms with Crippen molar-refractivity contribution in [3.63, 3.8) is 0 Å². The number of rotatable bonds is 10. The van der Waals surface area contributed by atoms with Gasteiger partial charge in [0, 0.05) is 5.56 Å². The number of nitrogens with zero attached hydrogens (tertiary/aromatic N) is 1. The van der Waals surface area contributed by atoms with Crippen molar-refractivity contribution in [2.24, 2.45) is 5.73 Å². The molecule has 2 amide bonds. The van der Waals surface area contributed by atoms with Gasteiger partial charge in [0.15, 0.2) is 0 Å². The third kappa shape index (κ3) is 6.89. The van der Waals surface area contributed by atoms with Crippen LogP contribution in [-0.2, 0) is 30.8 Å². The highest BCUT2D eigenvalue weighted by Gasteiger charge is 2.37. The number of hydrogen-bond acceptors (Lipinski definition) is 7. The van der Waals surface area contributed by atoms with Crippen molar-refractivity contribution >= 4 is 44.4 Å². The smallest absolute Gasteiger partial charge is 0.323 e. The molecule has 1 saturated heterocycles. The first kappa shape index (κ1) is 28.9. The number of carbonyl (C=O) groups is 3. The van der Waals surface area contributed by atoms with Gasteiger partial charge in [0.05, 0.1) is 10.9 Å². The fraction of sp³-hybridized carbons (Fsp3) is 0.286. The van der Waals surface area contributed by atoms with Crippen LogP contribution in [0.4, 0.5) is 0 Å². The van der Waals surface area contributed by atoms with Crippen LogP contribution in [0, 0.1) is 5.41 Å². The molecule has 4 rings (SSSR count). The number of benzene rings is 3. The van der Waals surface area contributed by atoms with Gasteiger partial charge in [-0.3, -0.25) is 24.7 Å². The molecule has 1 aliphatic rings. The van der Waals surface area contributed by atoms with Crippen LogP contribution in [0.5, 0.6) is 0 Å². The molecule has 0 aliphatic carbocycles. The van der Waals surface area contributed by atoms with Crippen molar-refractivity contribution < 1.29 is 27.9 Å². The Labute approximate surface area is 231 Å². The third-order valence-corrected chi connectivity index (χ3v) is 8.21. The van der Waals surface area contributed by atoms with Gasteiger partial charge in [-0.15, -0.1) is 0 Å². The molecule has 0 bridgehead atoms. The van der Waals surface area contributed by atoms with Crippen molar-refractivity contribution in [2.45, 2.75) is 42.7 Å². The average Bonchev–Trinajstić information content (AvgIpc) is 2.95. The number of carbonyl (C=O) groups excluding carboxylic acids is 2. The van der Waals surface area contributed by atoms with E-state index in [1.807, 2.05) is 12.1 Å². The number of carboxylic acid groups (broad SMARTS) is 1. The maximum Gasteiger partial charge on any atom is 0.323 e. The van der Waals surface area contributed by atoms with Gasteiger partial charge >= 0.3 is 5.97 Å².